The van der Waals surface area contributed by atoms with Gasteiger partial charge in [0.15, 0.2) is 0 Å². The van der Waals surface area contributed by atoms with Gasteiger partial charge in [-0.25, -0.2) is 9.37 Å². The zero-order valence-corrected chi connectivity index (χ0v) is 19.4. The van der Waals surface area contributed by atoms with Gasteiger partial charge < -0.3 is 9.88 Å². The number of hydrogen-bond donors (Lipinski definition) is 1. The molecule has 1 atom stereocenters. The molecule has 4 nitrogen and oxygen atoms in total. The van der Waals surface area contributed by atoms with E-state index < -0.39 is 0 Å². The second kappa shape index (κ2) is 9.41. The van der Waals surface area contributed by atoms with Gasteiger partial charge in [0.1, 0.15) is 23.0 Å². The molecular formula is C28H28FN3O. The quantitative estimate of drug-likeness (QED) is 0.372. The summed E-state index contributed by atoms with van der Waals surface area (Å²) < 4.78 is 15.3. The molecule has 3 aromatic carbocycles. The Labute approximate surface area is 194 Å². The molecule has 1 unspecified atom stereocenters. The van der Waals surface area contributed by atoms with Gasteiger partial charge in [0.05, 0.1) is 6.04 Å². The van der Waals surface area contributed by atoms with E-state index in [1.54, 1.807) is 12.1 Å². The monoisotopic (exact) mass is 441 g/mol. The Morgan fingerprint density at radius 3 is 2.30 bits per heavy atom. The van der Waals surface area contributed by atoms with Crippen LogP contribution in [-0.4, -0.2) is 15.5 Å². The number of carbonyl (C=O) groups excluding carboxylic acids is 1. The van der Waals surface area contributed by atoms with E-state index in [0.717, 1.165) is 28.1 Å². The lowest BCUT2D eigenvalue weighted by atomic mass is 10.0. The Balaban J connectivity index is 1.82. The fourth-order valence-corrected chi connectivity index (χ4v) is 3.99. The van der Waals surface area contributed by atoms with Crippen molar-refractivity contribution < 1.29 is 9.18 Å². The largest absolute Gasteiger partial charge is 0.344 e. The standard InChI is InChI=1S/C28H28FN3O/c1-5-32-26(28(33)30-20(4)21-13-15-24(29)16-14-21)25(23-12-11-18(2)19(3)17-23)31-27(32)22-9-7-6-8-10-22/h6-17,20H,5H2,1-4H3,(H,30,33). The second-order valence-electron chi connectivity index (χ2n) is 8.29. The Bertz CT molecular complexity index is 1280. The van der Waals surface area contributed by atoms with E-state index in [1.807, 2.05) is 54.8 Å². The molecule has 33 heavy (non-hydrogen) atoms. The number of hydrogen-bond acceptors (Lipinski definition) is 2. The predicted molar refractivity (Wildman–Crippen MR) is 131 cm³/mol. The van der Waals surface area contributed by atoms with Crippen LogP contribution in [0, 0.1) is 19.7 Å². The van der Waals surface area contributed by atoms with Gasteiger partial charge in [-0.1, -0.05) is 54.6 Å². The molecule has 0 aliphatic rings. The summed E-state index contributed by atoms with van der Waals surface area (Å²) in [6.45, 7) is 8.63. The van der Waals surface area contributed by atoms with Crippen molar-refractivity contribution in [2.75, 3.05) is 0 Å². The normalized spacial score (nSPS) is 11.9. The van der Waals surface area contributed by atoms with Gasteiger partial charge in [-0.05, 0) is 62.6 Å². The van der Waals surface area contributed by atoms with Crippen molar-refractivity contribution in [2.45, 2.75) is 40.3 Å². The maximum atomic E-state index is 13.6. The minimum Gasteiger partial charge on any atom is -0.344 e. The molecule has 4 aromatic rings. The smallest absolute Gasteiger partial charge is 0.270 e. The van der Waals surface area contributed by atoms with Crippen LogP contribution < -0.4 is 5.32 Å². The van der Waals surface area contributed by atoms with Crippen LogP contribution in [0.3, 0.4) is 0 Å². The molecule has 0 saturated heterocycles. The number of aryl methyl sites for hydroxylation is 2. The van der Waals surface area contributed by atoms with Crippen molar-refractivity contribution in [1.29, 1.82) is 0 Å². The number of imidazole rings is 1. The molecule has 4 rings (SSSR count). The highest BCUT2D eigenvalue weighted by Crippen LogP contribution is 2.31. The maximum Gasteiger partial charge on any atom is 0.270 e. The van der Waals surface area contributed by atoms with E-state index in [-0.39, 0.29) is 17.8 Å². The molecule has 5 heteroatoms. The van der Waals surface area contributed by atoms with Crippen molar-refractivity contribution in [2.24, 2.45) is 0 Å². The average Bonchev–Trinajstić information content (AvgIpc) is 3.21. The number of carbonyl (C=O) groups is 1. The zero-order chi connectivity index (χ0) is 23.5. The average molecular weight is 442 g/mol. The van der Waals surface area contributed by atoms with Gasteiger partial charge >= 0.3 is 0 Å². The second-order valence-corrected chi connectivity index (χ2v) is 8.29. The van der Waals surface area contributed by atoms with E-state index in [9.17, 15) is 9.18 Å². The summed E-state index contributed by atoms with van der Waals surface area (Å²) in [5.74, 6) is 0.244. The van der Waals surface area contributed by atoms with Crippen LogP contribution in [0.25, 0.3) is 22.6 Å². The lowest BCUT2D eigenvalue weighted by Crippen LogP contribution is -2.29. The molecule has 0 aliphatic carbocycles. The van der Waals surface area contributed by atoms with Gasteiger partial charge in [0.25, 0.3) is 5.91 Å². The molecule has 0 bridgehead atoms. The number of nitrogens with one attached hydrogen (secondary N) is 1. The van der Waals surface area contributed by atoms with E-state index >= 15 is 0 Å². The Hall–Kier alpha value is -3.73. The van der Waals surface area contributed by atoms with Crippen LogP contribution >= 0.6 is 0 Å². The third-order valence-electron chi connectivity index (χ3n) is 6.03. The number of aromatic nitrogens is 2. The minimum atomic E-state index is -0.300. The van der Waals surface area contributed by atoms with Crippen molar-refractivity contribution in [1.82, 2.24) is 14.9 Å². The molecule has 0 fully saturated rings. The van der Waals surface area contributed by atoms with Gasteiger partial charge in [-0.3, -0.25) is 4.79 Å². The molecule has 1 aromatic heterocycles. The summed E-state index contributed by atoms with van der Waals surface area (Å²) in [6, 6.07) is 22.0. The summed E-state index contributed by atoms with van der Waals surface area (Å²) in [4.78, 5) is 18.6. The molecule has 0 radical (unpaired) electrons. The lowest BCUT2D eigenvalue weighted by Gasteiger charge is -2.17. The highest BCUT2D eigenvalue weighted by atomic mass is 19.1. The molecule has 0 saturated carbocycles. The Morgan fingerprint density at radius 1 is 0.970 bits per heavy atom. The highest BCUT2D eigenvalue weighted by Gasteiger charge is 2.25. The lowest BCUT2D eigenvalue weighted by molar-refractivity contribution is 0.0931. The molecule has 168 valence electrons. The van der Waals surface area contributed by atoms with Gasteiger partial charge in [0, 0.05) is 17.7 Å². The Morgan fingerprint density at radius 2 is 1.67 bits per heavy atom. The fraction of sp³-hybridized carbons (Fsp3) is 0.214. The number of halogens is 1. The zero-order valence-electron chi connectivity index (χ0n) is 19.4. The van der Waals surface area contributed by atoms with Crippen LogP contribution in [-0.2, 0) is 6.54 Å². The van der Waals surface area contributed by atoms with Crippen molar-refractivity contribution in [3.63, 3.8) is 0 Å². The summed E-state index contributed by atoms with van der Waals surface area (Å²) in [6.07, 6.45) is 0. The van der Waals surface area contributed by atoms with Crippen molar-refractivity contribution >= 4 is 5.91 Å². The van der Waals surface area contributed by atoms with Crippen LogP contribution in [0.15, 0.2) is 72.8 Å². The SMILES string of the molecule is CCn1c(-c2ccccc2)nc(-c2ccc(C)c(C)c2)c1C(=O)NC(C)c1ccc(F)cc1. The maximum absolute atomic E-state index is 13.6. The summed E-state index contributed by atoms with van der Waals surface area (Å²) in [7, 11) is 0. The number of amides is 1. The topological polar surface area (TPSA) is 46.9 Å². The van der Waals surface area contributed by atoms with E-state index in [4.69, 9.17) is 4.98 Å². The number of benzene rings is 3. The fourth-order valence-electron chi connectivity index (χ4n) is 3.99. The van der Waals surface area contributed by atoms with Crippen LogP contribution in [0.4, 0.5) is 4.39 Å². The Kier molecular flexibility index (Phi) is 6.40. The number of rotatable bonds is 6. The van der Waals surface area contributed by atoms with Gasteiger partial charge in [-0.15, -0.1) is 0 Å². The first-order valence-electron chi connectivity index (χ1n) is 11.2. The van der Waals surface area contributed by atoms with E-state index in [2.05, 4.69) is 31.3 Å². The number of nitrogens with zero attached hydrogens (tertiary/aromatic N) is 2. The summed E-state index contributed by atoms with van der Waals surface area (Å²) in [5, 5.41) is 3.09. The van der Waals surface area contributed by atoms with Gasteiger partial charge in [0.2, 0.25) is 0 Å². The van der Waals surface area contributed by atoms with Crippen molar-refractivity contribution in [3.05, 3.63) is 101 Å². The summed E-state index contributed by atoms with van der Waals surface area (Å²) in [5.41, 5.74) is 6.20. The molecule has 1 N–H and O–H groups in total. The third kappa shape index (κ3) is 4.58. The molecule has 0 aliphatic heterocycles. The first kappa shape index (κ1) is 22.5. The van der Waals surface area contributed by atoms with Crippen LogP contribution in [0.2, 0.25) is 0 Å². The van der Waals surface area contributed by atoms with Gasteiger partial charge in [-0.2, -0.15) is 0 Å². The molecule has 1 amide bonds. The predicted octanol–water partition coefficient (Wildman–Crippen LogP) is 6.48. The minimum absolute atomic E-state index is 0.211. The van der Waals surface area contributed by atoms with Crippen molar-refractivity contribution in [3.8, 4) is 22.6 Å². The first-order valence-corrected chi connectivity index (χ1v) is 11.2. The third-order valence-corrected chi connectivity index (χ3v) is 6.03. The van der Waals surface area contributed by atoms with Crippen LogP contribution in [0.5, 0.6) is 0 Å². The summed E-state index contributed by atoms with van der Waals surface area (Å²) >= 11 is 0. The first-order chi connectivity index (χ1) is 15.9. The van der Waals surface area contributed by atoms with Crippen LogP contribution in [0.1, 0.15) is 47.1 Å². The molecular weight excluding hydrogens is 413 g/mol. The molecule has 0 spiro atoms. The van der Waals surface area contributed by atoms with E-state index in [0.29, 0.717) is 17.9 Å². The van der Waals surface area contributed by atoms with E-state index in [1.165, 1.54) is 17.7 Å². The molecule has 1 heterocycles. The highest BCUT2D eigenvalue weighted by molar-refractivity contribution is 6.00.